The number of rotatable bonds is 6. The molecule has 0 aliphatic carbocycles. The first-order chi connectivity index (χ1) is 9.04. The molecule has 0 amide bonds. The van der Waals surface area contributed by atoms with Crippen molar-refractivity contribution in [1.82, 2.24) is 10.6 Å². The summed E-state index contributed by atoms with van der Waals surface area (Å²) in [6.07, 6.45) is 2.33. The molecule has 0 aliphatic heterocycles. The van der Waals surface area contributed by atoms with Gasteiger partial charge in [-0.2, -0.15) is 0 Å². The van der Waals surface area contributed by atoms with Gasteiger partial charge in [0.15, 0.2) is 5.11 Å². The molecule has 0 aliphatic rings. The smallest absolute Gasteiger partial charge is 0.166 e. The van der Waals surface area contributed by atoms with Gasteiger partial charge in [-0.15, -0.1) is 0 Å². The van der Waals surface area contributed by atoms with Gasteiger partial charge < -0.3 is 10.6 Å². The van der Waals surface area contributed by atoms with Crippen LogP contribution in [0.4, 0.5) is 0 Å². The SMILES string of the molecule is CCCCNC(=S)NC(C)c1ccc(C(C)C)cc1. The topological polar surface area (TPSA) is 24.1 Å². The maximum Gasteiger partial charge on any atom is 0.166 e. The standard InChI is InChI=1S/C16H26N2S/c1-5-6-11-17-16(19)18-13(4)15-9-7-14(8-10-15)12(2)3/h7-10,12-13H,5-6,11H2,1-4H3,(H2,17,18,19). The summed E-state index contributed by atoms with van der Waals surface area (Å²) in [6, 6.07) is 9.00. The predicted octanol–water partition coefficient (Wildman–Crippen LogP) is 4.14. The van der Waals surface area contributed by atoms with Crippen LogP contribution < -0.4 is 10.6 Å². The van der Waals surface area contributed by atoms with Gasteiger partial charge in [0.25, 0.3) is 0 Å². The predicted molar refractivity (Wildman–Crippen MR) is 87.6 cm³/mol. The van der Waals surface area contributed by atoms with Gasteiger partial charge >= 0.3 is 0 Å². The van der Waals surface area contributed by atoms with Crippen molar-refractivity contribution in [2.75, 3.05) is 6.54 Å². The molecule has 0 fully saturated rings. The molecule has 106 valence electrons. The first-order valence-electron chi connectivity index (χ1n) is 7.18. The van der Waals surface area contributed by atoms with Gasteiger partial charge in [-0.25, -0.2) is 0 Å². The lowest BCUT2D eigenvalue weighted by Crippen LogP contribution is -2.37. The summed E-state index contributed by atoms with van der Waals surface area (Å²) in [6.45, 7) is 9.68. The number of unbranched alkanes of at least 4 members (excludes halogenated alkanes) is 1. The van der Waals surface area contributed by atoms with Crippen molar-refractivity contribution in [3.63, 3.8) is 0 Å². The Kier molecular flexibility index (Phi) is 6.85. The molecular formula is C16H26N2S. The fourth-order valence-electron chi connectivity index (χ4n) is 1.88. The Morgan fingerprint density at radius 3 is 2.21 bits per heavy atom. The average molecular weight is 278 g/mol. The maximum absolute atomic E-state index is 5.29. The number of nitrogens with one attached hydrogen (secondary N) is 2. The van der Waals surface area contributed by atoms with Crippen LogP contribution in [0.1, 0.15) is 63.6 Å². The van der Waals surface area contributed by atoms with Crippen molar-refractivity contribution >= 4 is 17.3 Å². The van der Waals surface area contributed by atoms with E-state index in [1.165, 1.54) is 17.5 Å². The fraction of sp³-hybridized carbons (Fsp3) is 0.562. The lowest BCUT2D eigenvalue weighted by Gasteiger charge is -2.18. The molecule has 0 bridgehead atoms. The molecule has 0 radical (unpaired) electrons. The Morgan fingerprint density at radius 2 is 1.68 bits per heavy atom. The summed E-state index contributed by atoms with van der Waals surface area (Å²) in [5.41, 5.74) is 2.64. The lowest BCUT2D eigenvalue weighted by molar-refractivity contribution is 0.682. The van der Waals surface area contributed by atoms with Gasteiger partial charge in [0.2, 0.25) is 0 Å². The van der Waals surface area contributed by atoms with Gasteiger partial charge in [0.05, 0.1) is 6.04 Å². The van der Waals surface area contributed by atoms with E-state index < -0.39 is 0 Å². The fourth-order valence-corrected chi connectivity index (χ4v) is 2.16. The van der Waals surface area contributed by atoms with E-state index in [-0.39, 0.29) is 6.04 Å². The highest BCUT2D eigenvalue weighted by Crippen LogP contribution is 2.18. The summed E-state index contributed by atoms with van der Waals surface area (Å²) in [5.74, 6) is 0.578. The molecule has 1 aromatic carbocycles. The van der Waals surface area contributed by atoms with Gasteiger partial charge in [0.1, 0.15) is 0 Å². The highest BCUT2D eigenvalue weighted by atomic mass is 32.1. The number of hydrogen-bond acceptors (Lipinski definition) is 1. The molecule has 1 atom stereocenters. The average Bonchev–Trinajstić information content (AvgIpc) is 2.39. The van der Waals surface area contributed by atoms with E-state index >= 15 is 0 Å². The number of thiocarbonyl (C=S) groups is 1. The summed E-state index contributed by atoms with van der Waals surface area (Å²) < 4.78 is 0. The third-order valence-corrected chi connectivity index (χ3v) is 3.53. The van der Waals surface area contributed by atoms with Gasteiger partial charge in [0, 0.05) is 6.54 Å². The van der Waals surface area contributed by atoms with Crippen molar-refractivity contribution in [3.8, 4) is 0 Å². The first-order valence-corrected chi connectivity index (χ1v) is 7.59. The van der Waals surface area contributed by atoms with Crippen LogP contribution in [0.3, 0.4) is 0 Å². The van der Waals surface area contributed by atoms with E-state index in [0.717, 1.165) is 18.1 Å². The highest BCUT2D eigenvalue weighted by Gasteiger charge is 2.07. The minimum atomic E-state index is 0.239. The third-order valence-electron chi connectivity index (χ3n) is 3.27. The second-order valence-electron chi connectivity index (χ2n) is 5.30. The minimum Gasteiger partial charge on any atom is -0.363 e. The van der Waals surface area contributed by atoms with Crippen molar-refractivity contribution < 1.29 is 0 Å². The zero-order valence-corrected chi connectivity index (χ0v) is 13.3. The highest BCUT2D eigenvalue weighted by molar-refractivity contribution is 7.80. The van der Waals surface area contributed by atoms with Crippen molar-refractivity contribution in [2.24, 2.45) is 0 Å². The third kappa shape index (κ3) is 5.60. The Labute approximate surface area is 123 Å². The molecule has 0 saturated heterocycles. The molecule has 0 saturated carbocycles. The molecule has 1 rings (SSSR count). The molecule has 1 aromatic rings. The molecule has 0 spiro atoms. The van der Waals surface area contributed by atoms with Crippen LogP contribution >= 0.6 is 12.2 Å². The van der Waals surface area contributed by atoms with Crippen LogP contribution in [0.5, 0.6) is 0 Å². The Hall–Kier alpha value is -1.09. The Bertz CT molecular complexity index is 384. The van der Waals surface area contributed by atoms with Crippen molar-refractivity contribution in [3.05, 3.63) is 35.4 Å². The lowest BCUT2D eigenvalue weighted by atomic mass is 10.00. The van der Waals surface area contributed by atoms with E-state index in [4.69, 9.17) is 12.2 Å². The summed E-state index contributed by atoms with van der Waals surface area (Å²) in [5, 5.41) is 7.30. The Balaban J connectivity index is 2.48. The van der Waals surface area contributed by atoms with E-state index in [1.807, 2.05) is 0 Å². The normalized spacial score (nSPS) is 12.3. The van der Waals surface area contributed by atoms with Crippen LogP contribution in [0.15, 0.2) is 24.3 Å². The summed E-state index contributed by atoms with van der Waals surface area (Å²) in [4.78, 5) is 0. The molecule has 19 heavy (non-hydrogen) atoms. The van der Waals surface area contributed by atoms with Gasteiger partial charge in [-0.1, -0.05) is 51.5 Å². The van der Waals surface area contributed by atoms with Crippen molar-refractivity contribution in [2.45, 2.75) is 52.5 Å². The van der Waals surface area contributed by atoms with Gasteiger partial charge in [-0.3, -0.25) is 0 Å². The second kappa shape index (κ2) is 8.16. The number of benzene rings is 1. The molecule has 2 N–H and O–H groups in total. The molecule has 0 aromatic heterocycles. The molecule has 0 heterocycles. The maximum atomic E-state index is 5.29. The van der Waals surface area contributed by atoms with E-state index in [0.29, 0.717) is 5.92 Å². The van der Waals surface area contributed by atoms with Crippen LogP contribution in [0, 0.1) is 0 Å². The largest absolute Gasteiger partial charge is 0.363 e. The number of hydrogen-bond donors (Lipinski definition) is 2. The molecule has 3 heteroatoms. The van der Waals surface area contributed by atoms with Crippen LogP contribution in [0.2, 0.25) is 0 Å². The molecular weight excluding hydrogens is 252 g/mol. The zero-order valence-electron chi connectivity index (χ0n) is 12.5. The molecule has 1 unspecified atom stereocenters. The van der Waals surface area contributed by atoms with Crippen LogP contribution in [0.25, 0.3) is 0 Å². The Morgan fingerprint density at radius 1 is 1.11 bits per heavy atom. The molecule has 2 nitrogen and oxygen atoms in total. The zero-order chi connectivity index (χ0) is 14.3. The minimum absolute atomic E-state index is 0.239. The monoisotopic (exact) mass is 278 g/mol. The van der Waals surface area contributed by atoms with Crippen LogP contribution in [-0.4, -0.2) is 11.7 Å². The summed E-state index contributed by atoms with van der Waals surface area (Å²) in [7, 11) is 0. The quantitative estimate of drug-likeness (QED) is 0.604. The van der Waals surface area contributed by atoms with E-state index in [2.05, 4.69) is 62.6 Å². The first kappa shape index (κ1) is 16.0. The van der Waals surface area contributed by atoms with Gasteiger partial charge in [-0.05, 0) is 42.6 Å². The second-order valence-corrected chi connectivity index (χ2v) is 5.71. The van der Waals surface area contributed by atoms with E-state index in [9.17, 15) is 0 Å². The van der Waals surface area contributed by atoms with Crippen molar-refractivity contribution in [1.29, 1.82) is 0 Å². The van der Waals surface area contributed by atoms with Crippen LogP contribution in [-0.2, 0) is 0 Å². The van der Waals surface area contributed by atoms with E-state index in [1.54, 1.807) is 0 Å². The summed E-state index contributed by atoms with van der Waals surface area (Å²) >= 11 is 5.29.